The summed E-state index contributed by atoms with van der Waals surface area (Å²) in [6.45, 7) is 10.4. The summed E-state index contributed by atoms with van der Waals surface area (Å²) in [6, 6.07) is 13.2. The lowest BCUT2D eigenvalue weighted by Gasteiger charge is -2.22. The molecule has 0 bridgehead atoms. The van der Waals surface area contributed by atoms with Crippen molar-refractivity contribution < 1.29 is 19.0 Å². The van der Waals surface area contributed by atoms with Crippen LogP contribution in [-0.4, -0.2) is 17.7 Å². The van der Waals surface area contributed by atoms with E-state index in [-0.39, 0.29) is 5.92 Å². The van der Waals surface area contributed by atoms with E-state index in [9.17, 15) is 9.36 Å². The molecule has 0 aliphatic heterocycles. The summed E-state index contributed by atoms with van der Waals surface area (Å²) in [4.78, 5) is 12.0. The Bertz CT molecular complexity index is 925. The van der Waals surface area contributed by atoms with Gasteiger partial charge in [0.2, 0.25) is 8.03 Å². The minimum Gasteiger partial charge on any atom is -0.477 e. The summed E-state index contributed by atoms with van der Waals surface area (Å²) in [5.41, 5.74) is 3.26. The molecular formula is C22H25O4PS. The Morgan fingerprint density at radius 2 is 1.89 bits per heavy atom. The van der Waals surface area contributed by atoms with Crippen molar-refractivity contribution in [1.29, 1.82) is 0 Å². The number of allylic oxidation sites excluding steroid dienone is 5. The van der Waals surface area contributed by atoms with Gasteiger partial charge in [-0.2, -0.15) is 0 Å². The van der Waals surface area contributed by atoms with Crippen molar-refractivity contribution >= 4 is 25.3 Å². The standard InChI is InChI=1S/C11H17O2P.C11H8O2S/c1-5-13-14(12)11-7-6-8(2)9(3)10(11)4;12-11(13)10-7-6-9(14-10)8-4-2-1-3-5-8/h6-7,10,14H,3,5H2,1-2,4H3;1-7H,(H,12,13). The average molecular weight is 416 g/mol. The van der Waals surface area contributed by atoms with Crippen molar-refractivity contribution in [3.63, 3.8) is 0 Å². The third-order valence-electron chi connectivity index (χ3n) is 4.39. The van der Waals surface area contributed by atoms with Gasteiger partial charge in [0.1, 0.15) is 4.88 Å². The van der Waals surface area contributed by atoms with Crippen molar-refractivity contribution in [3.05, 3.63) is 82.5 Å². The number of carboxylic acid groups (broad SMARTS) is 1. The molecule has 6 heteroatoms. The monoisotopic (exact) mass is 416 g/mol. The van der Waals surface area contributed by atoms with Gasteiger partial charge in [0, 0.05) is 16.1 Å². The van der Waals surface area contributed by atoms with E-state index in [0.717, 1.165) is 26.9 Å². The van der Waals surface area contributed by atoms with Crippen molar-refractivity contribution in [1.82, 2.24) is 0 Å². The summed E-state index contributed by atoms with van der Waals surface area (Å²) in [6.07, 6.45) is 3.87. The number of hydrogen-bond acceptors (Lipinski definition) is 4. The van der Waals surface area contributed by atoms with Crippen molar-refractivity contribution in [2.75, 3.05) is 6.61 Å². The Morgan fingerprint density at radius 3 is 2.46 bits per heavy atom. The first-order chi connectivity index (χ1) is 13.3. The van der Waals surface area contributed by atoms with E-state index in [1.165, 1.54) is 11.3 Å². The number of rotatable bonds is 5. The van der Waals surface area contributed by atoms with Crippen LogP contribution in [-0.2, 0) is 9.09 Å². The topological polar surface area (TPSA) is 63.6 Å². The van der Waals surface area contributed by atoms with E-state index >= 15 is 0 Å². The maximum atomic E-state index is 11.7. The fraction of sp³-hybridized carbons (Fsp3) is 0.227. The fourth-order valence-corrected chi connectivity index (χ4v) is 4.69. The van der Waals surface area contributed by atoms with Gasteiger partial charge in [-0.1, -0.05) is 56.0 Å². The average Bonchev–Trinajstić information content (AvgIpc) is 3.18. The predicted molar refractivity (Wildman–Crippen MR) is 117 cm³/mol. The van der Waals surface area contributed by atoms with Crippen LogP contribution >= 0.6 is 19.4 Å². The van der Waals surface area contributed by atoms with E-state index in [0.29, 0.717) is 11.5 Å². The number of carboxylic acids is 1. The highest BCUT2D eigenvalue weighted by atomic mass is 32.1. The Balaban J connectivity index is 0.000000200. The van der Waals surface area contributed by atoms with Crippen LogP contribution < -0.4 is 0 Å². The lowest BCUT2D eigenvalue weighted by atomic mass is 9.91. The highest BCUT2D eigenvalue weighted by Crippen LogP contribution is 2.44. The van der Waals surface area contributed by atoms with Gasteiger partial charge >= 0.3 is 5.97 Å². The molecule has 2 unspecified atom stereocenters. The van der Waals surface area contributed by atoms with Gasteiger partial charge in [-0.05, 0) is 42.7 Å². The van der Waals surface area contributed by atoms with Gasteiger partial charge in [0.25, 0.3) is 0 Å². The van der Waals surface area contributed by atoms with Crippen molar-refractivity contribution in [2.24, 2.45) is 5.92 Å². The third-order valence-corrected chi connectivity index (χ3v) is 7.14. The van der Waals surface area contributed by atoms with Crippen molar-refractivity contribution in [2.45, 2.75) is 20.8 Å². The number of benzene rings is 1. The maximum absolute atomic E-state index is 11.7. The normalized spacial score (nSPS) is 17.1. The van der Waals surface area contributed by atoms with Gasteiger partial charge in [0.15, 0.2) is 0 Å². The van der Waals surface area contributed by atoms with Gasteiger partial charge in [0.05, 0.1) is 6.61 Å². The SMILES string of the molecule is C=C1C(C)=CC=C([PH](=O)OCC)C1C.O=C(O)c1ccc(-c2ccccc2)s1. The second-order valence-corrected chi connectivity index (χ2v) is 8.80. The lowest BCUT2D eigenvalue weighted by molar-refractivity contribution is 0.0702. The Kier molecular flexibility index (Phi) is 8.18. The second-order valence-electron chi connectivity index (χ2n) is 6.27. The number of aromatic carboxylic acids is 1. The first-order valence-corrected chi connectivity index (χ1v) is 11.1. The molecule has 2 atom stereocenters. The van der Waals surface area contributed by atoms with Crippen LogP contribution in [0.15, 0.2) is 77.7 Å². The van der Waals surface area contributed by atoms with Crippen LogP contribution in [0, 0.1) is 5.92 Å². The molecule has 0 radical (unpaired) electrons. The molecule has 1 aromatic heterocycles. The smallest absolute Gasteiger partial charge is 0.345 e. The van der Waals surface area contributed by atoms with Gasteiger partial charge in [-0.25, -0.2) is 4.79 Å². The van der Waals surface area contributed by atoms with Gasteiger partial charge in [-0.3, -0.25) is 4.57 Å². The van der Waals surface area contributed by atoms with Crippen LogP contribution in [0.2, 0.25) is 0 Å². The fourth-order valence-electron chi connectivity index (χ4n) is 2.67. The highest BCUT2D eigenvalue weighted by Gasteiger charge is 2.21. The zero-order valence-corrected chi connectivity index (χ0v) is 18.1. The summed E-state index contributed by atoms with van der Waals surface area (Å²) in [5, 5.41) is 9.64. The van der Waals surface area contributed by atoms with E-state index in [1.54, 1.807) is 6.07 Å². The Hall–Kier alpha value is -2.20. The summed E-state index contributed by atoms with van der Waals surface area (Å²) < 4.78 is 16.8. The molecule has 0 fully saturated rings. The molecule has 2 aromatic rings. The highest BCUT2D eigenvalue weighted by molar-refractivity contribution is 7.44. The molecule has 1 heterocycles. The molecule has 1 aliphatic carbocycles. The van der Waals surface area contributed by atoms with Crippen LogP contribution in [0.3, 0.4) is 0 Å². The van der Waals surface area contributed by atoms with Crippen LogP contribution in [0.1, 0.15) is 30.4 Å². The molecule has 148 valence electrons. The largest absolute Gasteiger partial charge is 0.477 e. The van der Waals surface area contributed by atoms with Crippen LogP contribution in [0.25, 0.3) is 10.4 Å². The van der Waals surface area contributed by atoms with Gasteiger partial charge < -0.3 is 9.63 Å². The number of hydrogen-bond donors (Lipinski definition) is 1. The first-order valence-electron chi connectivity index (χ1n) is 8.98. The maximum Gasteiger partial charge on any atom is 0.345 e. The second kappa shape index (κ2) is 10.4. The van der Waals surface area contributed by atoms with Crippen LogP contribution in [0.5, 0.6) is 0 Å². The zero-order valence-electron chi connectivity index (χ0n) is 16.3. The molecule has 0 spiro atoms. The quantitative estimate of drug-likeness (QED) is 0.555. The molecule has 0 amide bonds. The minimum absolute atomic E-state index is 0.151. The molecule has 1 N–H and O–H groups in total. The molecule has 4 nitrogen and oxygen atoms in total. The van der Waals surface area contributed by atoms with Gasteiger partial charge in [-0.15, -0.1) is 11.3 Å². The number of carbonyl (C=O) groups is 1. The summed E-state index contributed by atoms with van der Waals surface area (Å²) in [7, 11) is -2.04. The summed E-state index contributed by atoms with van der Waals surface area (Å²) >= 11 is 1.29. The van der Waals surface area contributed by atoms with Crippen molar-refractivity contribution in [3.8, 4) is 10.4 Å². The molecule has 0 saturated heterocycles. The molecule has 28 heavy (non-hydrogen) atoms. The Morgan fingerprint density at radius 1 is 1.21 bits per heavy atom. The van der Waals surface area contributed by atoms with E-state index in [1.807, 2.05) is 69.3 Å². The van der Waals surface area contributed by atoms with E-state index in [4.69, 9.17) is 9.63 Å². The van der Waals surface area contributed by atoms with Crippen LogP contribution in [0.4, 0.5) is 0 Å². The number of thiophene rings is 1. The van der Waals surface area contributed by atoms with E-state index in [2.05, 4.69) is 6.58 Å². The third kappa shape index (κ3) is 5.65. The predicted octanol–water partition coefficient (Wildman–Crippen LogP) is 6.65. The first kappa shape index (κ1) is 22.1. The minimum atomic E-state index is -2.04. The zero-order chi connectivity index (χ0) is 20.7. The molecule has 1 aliphatic rings. The summed E-state index contributed by atoms with van der Waals surface area (Å²) in [5.74, 6) is -0.713. The lowest BCUT2D eigenvalue weighted by Crippen LogP contribution is -2.05. The molecular weight excluding hydrogens is 391 g/mol. The molecule has 1 aromatic carbocycles. The molecule has 3 rings (SSSR count). The Labute approximate surface area is 170 Å². The van der Waals surface area contributed by atoms with E-state index < -0.39 is 14.0 Å². The molecule has 0 saturated carbocycles.